The zero-order valence-electron chi connectivity index (χ0n) is 3.90. The summed E-state index contributed by atoms with van der Waals surface area (Å²) in [5.74, 6) is 0. The summed E-state index contributed by atoms with van der Waals surface area (Å²) >= 11 is 10.7. The molecule has 7 heavy (non-hydrogen) atoms. The van der Waals surface area contributed by atoms with Crippen molar-refractivity contribution in [3.8, 4) is 0 Å². The average molecular weight is 141 g/mol. The number of hydrogen-bond donors (Lipinski definition) is 0. The fourth-order valence-corrected chi connectivity index (χ4v) is 0.168. The van der Waals surface area contributed by atoms with Gasteiger partial charge in [0, 0.05) is 0 Å². The van der Waals surface area contributed by atoms with Crippen LogP contribution < -0.4 is 0 Å². The fourth-order valence-electron chi connectivity index (χ4n) is 0.108. The molecule has 1 nitrogen and oxygen atoms in total. The van der Waals surface area contributed by atoms with Crippen molar-refractivity contribution in [2.24, 2.45) is 0 Å². The van der Waals surface area contributed by atoms with Gasteiger partial charge in [-0.2, -0.15) is 0 Å². The van der Waals surface area contributed by atoms with Crippen molar-refractivity contribution in [3.63, 3.8) is 0 Å². The van der Waals surface area contributed by atoms with E-state index in [2.05, 4.69) is 0 Å². The molecule has 0 saturated carbocycles. The van der Waals surface area contributed by atoms with Gasteiger partial charge in [0.05, 0.1) is 5.38 Å². The lowest BCUT2D eigenvalue weighted by atomic mass is 10.4. The monoisotopic (exact) mass is 140 g/mol. The molecule has 0 aromatic rings. The van der Waals surface area contributed by atoms with Crippen molar-refractivity contribution in [1.29, 1.82) is 0 Å². The van der Waals surface area contributed by atoms with Gasteiger partial charge >= 0.3 is 0 Å². The summed E-state index contributed by atoms with van der Waals surface area (Å²) in [5.41, 5.74) is 0. The van der Waals surface area contributed by atoms with Crippen LogP contribution in [0.3, 0.4) is 0 Å². The molecule has 0 aliphatic carbocycles. The van der Waals surface area contributed by atoms with Crippen molar-refractivity contribution < 1.29 is 4.79 Å². The second kappa shape index (κ2) is 3.28. The van der Waals surface area contributed by atoms with Crippen molar-refractivity contribution in [1.82, 2.24) is 0 Å². The molecule has 0 N–H and O–H groups in total. The lowest BCUT2D eigenvalue weighted by molar-refractivity contribution is -0.107. The van der Waals surface area contributed by atoms with E-state index in [4.69, 9.17) is 23.2 Å². The molecule has 0 bridgehead atoms. The molecule has 0 rings (SSSR count). The van der Waals surface area contributed by atoms with Crippen LogP contribution in [-0.2, 0) is 4.79 Å². The predicted molar refractivity (Wildman–Crippen MR) is 31.0 cm³/mol. The Hall–Kier alpha value is 0.250. The second-order valence-corrected chi connectivity index (χ2v) is 2.45. The van der Waals surface area contributed by atoms with Crippen molar-refractivity contribution in [3.05, 3.63) is 0 Å². The van der Waals surface area contributed by atoms with Gasteiger partial charge in [0.2, 0.25) is 0 Å². The minimum Gasteiger partial charge on any atom is -0.302 e. The summed E-state index contributed by atoms with van der Waals surface area (Å²) in [5, 5.41) is -0.805. The van der Waals surface area contributed by atoms with Gasteiger partial charge in [0.1, 0.15) is 11.7 Å². The summed E-state index contributed by atoms with van der Waals surface area (Å²) in [6.45, 7) is 1.67. The van der Waals surface area contributed by atoms with E-state index in [0.29, 0.717) is 6.29 Å². The first-order valence-electron chi connectivity index (χ1n) is 1.92. The third-order valence-corrected chi connectivity index (χ3v) is 1.45. The Bertz CT molecular complexity index is 62.7. The fraction of sp³-hybridized carbons (Fsp3) is 0.750. The maximum absolute atomic E-state index is 9.73. The SMILES string of the molecule is CC(Cl)C(Cl)C=O. The quantitative estimate of drug-likeness (QED) is 0.419. The van der Waals surface area contributed by atoms with Crippen molar-refractivity contribution in [2.45, 2.75) is 17.7 Å². The number of hydrogen-bond acceptors (Lipinski definition) is 1. The molecule has 3 heteroatoms. The van der Waals surface area contributed by atoms with Gasteiger partial charge in [-0.1, -0.05) is 0 Å². The molecule has 0 aliphatic heterocycles. The van der Waals surface area contributed by atoms with Crippen LogP contribution in [0.2, 0.25) is 0 Å². The van der Waals surface area contributed by atoms with Gasteiger partial charge < -0.3 is 4.79 Å². The van der Waals surface area contributed by atoms with E-state index >= 15 is 0 Å². The predicted octanol–water partition coefficient (Wildman–Crippen LogP) is 1.42. The number of halogens is 2. The van der Waals surface area contributed by atoms with Crippen LogP contribution in [0.25, 0.3) is 0 Å². The smallest absolute Gasteiger partial charge is 0.139 e. The number of aldehydes is 1. The Morgan fingerprint density at radius 2 is 2.00 bits per heavy atom. The van der Waals surface area contributed by atoms with Gasteiger partial charge in [-0.05, 0) is 6.92 Å². The Labute approximate surface area is 52.6 Å². The van der Waals surface area contributed by atoms with Crippen LogP contribution >= 0.6 is 23.2 Å². The molecule has 0 aromatic heterocycles. The zero-order valence-corrected chi connectivity index (χ0v) is 5.41. The highest BCUT2D eigenvalue weighted by Crippen LogP contribution is 2.04. The first-order valence-corrected chi connectivity index (χ1v) is 2.79. The molecule has 0 aromatic carbocycles. The van der Waals surface area contributed by atoms with Crippen LogP contribution in [0.15, 0.2) is 0 Å². The number of rotatable bonds is 2. The van der Waals surface area contributed by atoms with Crippen LogP contribution in [0.4, 0.5) is 0 Å². The van der Waals surface area contributed by atoms with E-state index in [9.17, 15) is 4.79 Å². The molecule has 0 amide bonds. The maximum atomic E-state index is 9.73. The minimum atomic E-state index is -0.540. The Kier molecular flexibility index (Phi) is 3.39. The van der Waals surface area contributed by atoms with E-state index in [0.717, 1.165) is 0 Å². The lowest BCUT2D eigenvalue weighted by Gasteiger charge is -1.99. The van der Waals surface area contributed by atoms with Crippen LogP contribution in [0.1, 0.15) is 6.92 Å². The van der Waals surface area contributed by atoms with E-state index < -0.39 is 5.38 Å². The lowest BCUT2D eigenvalue weighted by Crippen LogP contribution is -2.11. The third kappa shape index (κ3) is 2.89. The summed E-state index contributed by atoms with van der Waals surface area (Å²) in [7, 11) is 0. The summed E-state index contributed by atoms with van der Waals surface area (Å²) in [6, 6.07) is 0. The van der Waals surface area contributed by atoms with Crippen LogP contribution in [0.5, 0.6) is 0 Å². The third-order valence-electron chi connectivity index (χ3n) is 0.569. The molecule has 2 atom stereocenters. The minimum absolute atomic E-state index is 0.265. The highest BCUT2D eigenvalue weighted by Gasteiger charge is 2.07. The molecule has 0 aliphatic rings. The molecule has 2 unspecified atom stereocenters. The van der Waals surface area contributed by atoms with Gasteiger partial charge in [-0.15, -0.1) is 23.2 Å². The Balaban J connectivity index is 3.33. The largest absolute Gasteiger partial charge is 0.302 e. The normalized spacial score (nSPS) is 18.1. The molecule has 0 fully saturated rings. The molecule has 42 valence electrons. The molecular weight excluding hydrogens is 135 g/mol. The summed E-state index contributed by atoms with van der Waals surface area (Å²) in [6.07, 6.45) is 0.624. The number of carbonyl (C=O) groups excluding carboxylic acids is 1. The van der Waals surface area contributed by atoms with E-state index in [1.165, 1.54) is 0 Å². The average Bonchev–Trinajstić information content (AvgIpc) is 1.65. The van der Waals surface area contributed by atoms with Crippen molar-refractivity contribution >= 4 is 29.5 Å². The molecule has 0 radical (unpaired) electrons. The molecule has 0 saturated heterocycles. The second-order valence-electron chi connectivity index (χ2n) is 1.26. The number of alkyl halides is 2. The Morgan fingerprint density at radius 3 is 2.00 bits per heavy atom. The van der Waals surface area contributed by atoms with E-state index in [1.54, 1.807) is 6.92 Å². The molecular formula is C4H6Cl2O. The summed E-state index contributed by atoms with van der Waals surface area (Å²) < 4.78 is 0. The molecule has 0 spiro atoms. The number of carbonyl (C=O) groups is 1. The van der Waals surface area contributed by atoms with Crippen LogP contribution in [0, 0.1) is 0 Å². The van der Waals surface area contributed by atoms with Gasteiger partial charge in [0.15, 0.2) is 0 Å². The Morgan fingerprint density at radius 1 is 1.57 bits per heavy atom. The highest BCUT2D eigenvalue weighted by molar-refractivity contribution is 6.34. The summed E-state index contributed by atoms with van der Waals surface area (Å²) in [4.78, 5) is 9.73. The maximum Gasteiger partial charge on any atom is 0.139 e. The van der Waals surface area contributed by atoms with E-state index in [1.807, 2.05) is 0 Å². The first kappa shape index (κ1) is 7.25. The molecule has 0 heterocycles. The van der Waals surface area contributed by atoms with Crippen LogP contribution in [-0.4, -0.2) is 17.0 Å². The van der Waals surface area contributed by atoms with Gasteiger partial charge in [-0.25, -0.2) is 0 Å². The van der Waals surface area contributed by atoms with Gasteiger partial charge in [0.25, 0.3) is 0 Å². The van der Waals surface area contributed by atoms with Gasteiger partial charge in [-0.3, -0.25) is 0 Å². The highest BCUT2D eigenvalue weighted by atomic mass is 35.5. The topological polar surface area (TPSA) is 17.1 Å². The van der Waals surface area contributed by atoms with Crippen molar-refractivity contribution in [2.75, 3.05) is 0 Å². The van der Waals surface area contributed by atoms with E-state index in [-0.39, 0.29) is 5.38 Å². The zero-order chi connectivity index (χ0) is 5.86. The standard InChI is InChI=1S/C4H6Cl2O/c1-3(5)4(6)2-7/h2-4H,1H3. The first-order chi connectivity index (χ1) is 3.18.